The maximum absolute atomic E-state index is 12.1. The van der Waals surface area contributed by atoms with Crippen LogP contribution in [0.3, 0.4) is 0 Å². The van der Waals surface area contributed by atoms with Gasteiger partial charge >= 0.3 is 0 Å². The minimum absolute atomic E-state index is 0.0381. The number of amides is 1. The van der Waals surface area contributed by atoms with Crippen LogP contribution in [0.1, 0.15) is 30.5 Å². The molecule has 2 aromatic rings. The van der Waals surface area contributed by atoms with Gasteiger partial charge in [0.25, 0.3) is 0 Å². The average molecular weight is 313 g/mol. The average Bonchev–Trinajstić information content (AvgIpc) is 2.60. The topological polar surface area (TPSA) is 47.6 Å². The van der Waals surface area contributed by atoms with Crippen LogP contribution in [0.5, 0.6) is 11.5 Å². The summed E-state index contributed by atoms with van der Waals surface area (Å²) in [7, 11) is 3.21. The zero-order chi connectivity index (χ0) is 16.7. The van der Waals surface area contributed by atoms with Gasteiger partial charge in [-0.25, -0.2) is 0 Å². The molecule has 4 nitrogen and oxygen atoms in total. The van der Waals surface area contributed by atoms with Gasteiger partial charge in [-0.3, -0.25) is 4.79 Å². The first-order valence-electron chi connectivity index (χ1n) is 7.69. The molecule has 4 heteroatoms. The van der Waals surface area contributed by atoms with E-state index in [1.54, 1.807) is 14.2 Å². The monoisotopic (exact) mass is 313 g/mol. The van der Waals surface area contributed by atoms with Crippen molar-refractivity contribution in [1.82, 2.24) is 5.32 Å². The van der Waals surface area contributed by atoms with Gasteiger partial charge < -0.3 is 14.8 Å². The lowest BCUT2D eigenvalue weighted by Gasteiger charge is -2.16. The molecule has 0 aromatic heterocycles. The second kappa shape index (κ2) is 8.22. The van der Waals surface area contributed by atoms with Crippen molar-refractivity contribution in [1.29, 1.82) is 0 Å². The molecule has 1 amide bonds. The molecule has 1 N–H and O–H groups in total. The molecule has 0 saturated carbocycles. The Bertz CT molecular complexity index is 640. The highest BCUT2D eigenvalue weighted by molar-refractivity contribution is 5.76. The molecule has 0 radical (unpaired) electrons. The molecule has 23 heavy (non-hydrogen) atoms. The molecular weight excluding hydrogens is 290 g/mol. The quantitative estimate of drug-likeness (QED) is 0.851. The second-order valence-corrected chi connectivity index (χ2v) is 5.39. The Morgan fingerprint density at radius 3 is 2.39 bits per heavy atom. The summed E-state index contributed by atoms with van der Waals surface area (Å²) in [5, 5.41) is 3.02. The third-order valence-corrected chi connectivity index (χ3v) is 3.77. The van der Waals surface area contributed by atoms with Gasteiger partial charge in [-0.2, -0.15) is 0 Å². The van der Waals surface area contributed by atoms with Crippen LogP contribution in [0.4, 0.5) is 0 Å². The molecule has 1 atom stereocenters. The fourth-order valence-electron chi connectivity index (χ4n) is 2.42. The number of benzene rings is 2. The molecular formula is C19H23NO3. The molecule has 0 fully saturated rings. The fourth-order valence-corrected chi connectivity index (χ4v) is 2.42. The van der Waals surface area contributed by atoms with Gasteiger partial charge in [0.2, 0.25) is 5.91 Å². The van der Waals surface area contributed by atoms with Gasteiger partial charge in [0.15, 0.2) is 11.5 Å². The Kier molecular flexibility index (Phi) is 6.03. The largest absolute Gasteiger partial charge is 0.493 e. The van der Waals surface area contributed by atoms with Crippen molar-refractivity contribution in [3.05, 3.63) is 59.7 Å². The van der Waals surface area contributed by atoms with E-state index in [0.717, 1.165) is 12.0 Å². The lowest BCUT2D eigenvalue weighted by molar-refractivity contribution is -0.121. The predicted octanol–water partition coefficient (Wildman–Crippen LogP) is 3.51. The molecule has 0 aliphatic carbocycles. The molecule has 122 valence electrons. The molecule has 0 aliphatic rings. The normalized spacial score (nSPS) is 11.6. The van der Waals surface area contributed by atoms with Crippen LogP contribution >= 0.6 is 0 Å². The van der Waals surface area contributed by atoms with Crippen LogP contribution in [0.15, 0.2) is 48.5 Å². The molecule has 1 unspecified atom stereocenters. The first-order chi connectivity index (χ1) is 11.1. The van der Waals surface area contributed by atoms with Crippen LogP contribution in [0.25, 0.3) is 0 Å². The van der Waals surface area contributed by atoms with Crippen LogP contribution in [-0.4, -0.2) is 20.1 Å². The highest BCUT2D eigenvalue weighted by Gasteiger charge is 2.12. The minimum atomic E-state index is -0.0851. The van der Waals surface area contributed by atoms with Gasteiger partial charge in [0.1, 0.15) is 0 Å². The Morgan fingerprint density at radius 2 is 1.74 bits per heavy atom. The summed E-state index contributed by atoms with van der Waals surface area (Å²) in [6.07, 6.45) is 1.22. The molecule has 0 aliphatic heterocycles. The number of ether oxygens (including phenoxy) is 2. The second-order valence-electron chi connectivity index (χ2n) is 5.39. The highest BCUT2D eigenvalue weighted by Crippen LogP contribution is 2.29. The number of aryl methyl sites for hydroxylation is 1. The zero-order valence-electron chi connectivity index (χ0n) is 13.8. The van der Waals surface area contributed by atoms with Crippen LogP contribution in [-0.2, 0) is 11.2 Å². The van der Waals surface area contributed by atoms with Gasteiger partial charge in [0.05, 0.1) is 20.3 Å². The Hall–Kier alpha value is -2.49. The van der Waals surface area contributed by atoms with Crippen LogP contribution in [0, 0.1) is 0 Å². The number of carbonyl (C=O) groups excluding carboxylic acids is 1. The van der Waals surface area contributed by atoms with Gasteiger partial charge in [-0.1, -0.05) is 36.4 Å². The highest BCUT2D eigenvalue weighted by atomic mass is 16.5. The number of carbonyl (C=O) groups is 1. The lowest BCUT2D eigenvalue weighted by atomic mass is 10.1. The van der Waals surface area contributed by atoms with Crippen molar-refractivity contribution in [3.8, 4) is 11.5 Å². The summed E-state index contributed by atoms with van der Waals surface area (Å²) in [5.74, 6) is 1.38. The van der Waals surface area contributed by atoms with E-state index in [9.17, 15) is 4.79 Å². The van der Waals surface area contributed by atoms with E-state index in [2.05, 4.69) is 5.32 Å². The number of hydrogen-bond acceptors (Lipinski definition) is 3. The van der Waals surface area contributed by atoms with Crippen molar-refractivity contribution in [2.45, 2.75) is 25.8 Å². The summed E-state index contributed by atoms with van der Waals surface area (Å²) in [6.45, 7) is 1.96. The van der Waals surface area contributed by atoms with Crippen molar-refractivity contribution < 1.29 is 14.3 Å². The fraction of sp³-hybridized carbons (Fsp3) is 0.316. The SMILES string of the molecule is COc1ccc(C(C)NC(=O)CCc2ccccc2)cc1OC. The van der Waals surface area contributed by atoms with E-state index in [-0.39, 0.29) is 11.9 Å². The van der Waals surface area contributed by atoms with E-state index >= 15 is 0 Å². The summed E-state index contributed by atoms with van der Waals surface area (Å²) in [6, 6.07) is 15.6. The van der Waals surface area contributed by atoms with Gasteiger partial charge in [-0.15, -0.1) is 0 Å². The van der Waals surface area contributed by atoms with Crippen molar-refractivity contribution in [2.24, 2.45) is 0 Å². The zero-order valence-corrected chi connectivity index (χ0v) is 13.8. The summed E-state index contributed by atoms with van der Waals surface area (Å²) in [4.78, 5) is 12.1. The third-order valence-electron chi connectivity index (χ3n) is 3.77. The Morgan fingerprint density at radius 1 is 1.04 bits per heavy atom. The standard InChI is InChI=1S/C19H23NO3/c1-14(16-10-11-17(22-2)18(13-16)23-3)20-19(21)12-9-15-7-5-4-6-8-15/h4-8,10-11,13-14H,9,12H2,1-3H3,(H,20,21). The maximum Gasteiger partial charge on any atom is 0.220 e. The first-order valence-corrected chi connectivity index (χ1v) is 7.69. The predicted molar refractivity (Wildman–Crippen MR) is 90.9 cm³/mol. The number of nitrogens with one attached hydrogen (secondary N) is 1. The van der Waals surface area contributed by atoms with E-state index in [1.165, 1.54) is 5.56 Å². The number of hydrogen-bond donors (Lipinski definition) is 1. The van der Waals surface area contributed by atoms with E-state index in [0.29, 0.717) is 17.9 Å². The summed E-state index contributed by atoms with van der Waals surface area (Å²) < 4.78 is 10.5. The van der Waals surface area contributed by atoms with E-state index < -0.39 is 0 Å². The molecule has 0 bridgehead atoms. The van der Waals surface area contributed by atoms with Crippen molar-refractivity contribution in [2.75, 3.05) is 14.2 Å². The Labute approximate surface area is 137 Å². The molecule has 2 aromatic carbocycles. The van der Waals surface area contributed by atoms with Gasteiger partial charge in [-0.05, 0) is 36.6 Å². The number of methoxy groups -OCH3 is 2. The maximum atomic E-state index is 12.1. The Balaban J connectivity index is 1.93. The summed E-state index contributed by atoms with van der Waals surface area (Å²) >= 11 is 0. The van der Waals surface area contributed by atoms with Crippen LogP contribution < -0.4 is 14.8 Å². The van der Waals surface area contributed by atoms with Crippen molar-refractivity contribution in [3.63, 3.8) is 0 Å². The molecule has 0 saturated heterocycles. The third kappa shape index (κ3) is 4.74. The lowest BCUT2D eigenvalue weighted by Crippen LogP contribution is -2.26. The van der Waals surface area contributed by atoms with Crippen molar-refractivity contribution >= 4 is 5.91 Å². The minimum Gasteiger partial charge on any atom is -0.493 e. The smallest absolute Gasteiger partial charge is 0.220 e. The molecule has 2 rings (SSSR count). The molecule has 0 heterocycles. The van der Waals surface area contributed by atoms with E-state index in [4.69, 9.17) is 9.47 Å². The van der Waals surface area contributed by atoms with Gasteiger partial charge in [0, 0.05) is 6.42 Å². The van der Waals surface area contributed by atoms with Crippen LogP contribution in [0.2, 0.25) is 0 Å². The number of rotatable bonds is 7. The molecule has 0 spiro atoms. The van der Waals surface area contributed by atoms with E-state index in [1.807, 2.05) is 55.5 Å². The summed E-state index contributed by atoms with van der Waals surface area (Å²) in [5.41, 5.74) is 2.15. The first kappa shape index (κ1) is 16.9.